The normalized spacial score (nSPS) is 14.2. The van der Waals surface area contributed by atoms with Crippen molar-refractivity contribution in [3.05, 3.63) is 65.7 Å². The van der Waals surface area contributed by atoms with Crippen LogP contribution in [0.3, 0.4) is 0 Å². The van der Waals surface area contributed by atoms with Crippen molar-refractivity contribution in [1.82, 2.24) is 15.0 Å². The lowest BCUT2D eigenvalue weighted by Gasteiger charge is -2.27. The van der Waals surface area contributed by atoms with Crippen LogP contribution in [0.4, 0.5) is 23.5 Å². The van der Waals surface area contributed by atoms with Crippen molar-refractivity contribution in [2.24, 2.45) is 5.10 Å². The molecule has 0 amide bonds. The molecule has 29 heavy (non-hydrogen) atoms. The number of aryl methyl sites for hydroxylation is 1. The summed E-state index contributed by atoms with van der Waals surface area (Å²) in [4.78, 5) is 15.7. The van der Waals surface area contributed by atoms with Gasteiger partial charge in [0.1, 0.15) is 0 Å². The van der Waals surface area contributed by atoms with Crippen molar-refractivity contribution in [2.75, 3.05) is 41.9 Å². The summed E-state index contributed by atoms with van der Waals surface area (Å²) < 4.78 is 5.43. The molecule has 3 aromatic rings. The molecule has 8 heteroatoms. The minimum absolute atomic E-state index is 0.378. The first-order chi connectivity index (χ1) is 14.3. The molecule has 1 aliphatic rings. The Bertz CT molecular complexity index is 955. The molecule has 2 aromatic carbocycles. The van der Waals surface area contributed by atoms with Gasteiger partial charge in [-0.15, -0.1) is 0 Å². The van der Waals surface area contributed by atoms with Crippen molar-refractivity contribution < 1.29 is 4.74 Å². The second-order valence-corrected chi connectivity index (χ2v) is 6.65. The van der Waals surface area contributed by atoms with Gasteiger partial charge in [0.15, 0.2) is 0 Å². The lowest BCUT2D eigenvalue weighted by atomic mass is 10.2. The topological polar surface area (TPSA) is 87.6 Å². The molecule has 2 N–H and O–H groups in total. The van der Waals surface area contributed by atoms with Gasteiger partial charge in [-0.1, -0.05) is 48.0 Å². The quantitative estimate of drug-likeness (QED) is 0.494. The zero-order chi connectivity index (χ0) is 19.9. The van der Waals surface area contributed by atoms with Crippen LogP contribution in [0.25, 0.3) is 0 Å². The van der Waals surface area contributed by atoms with Gasteiger partial charge in [0.05, 0.1) is 19.4 Å². The number of aromatic nitrogens is 3. The van der Waals surface area contributed by atoms with Gasteiger partial charge in [-0.2, -0.15) is 20.1 Å². The SMILES string of the molecule is Cc1ccc(Nc2nc(N/N=C\c3ccccc3)nc(N3CCOCC3)n2)cc1. The van der Waals surface area contributed by atoms with E-state index >= 15 is 0 Å². The van der Waals surface area contributed by atoms with Gasteiger partial charge in [-0.3, -0.25) is 0 Å². The second kappa shape index (κ2) is 9.11. The highest BCUT2D eigenvalue weighted by Crippen LogP contribution is 2.19. The predicted molar refractivity (Wildman–Crippen MR) is 115 cm³/mol. The Balaban J connectivity index is 1.56. The first kappa shape index (κ1) is 18.8. The van der Waals surface area contributed by atoms with Crippen LogP contribution in [0.1, 0.15) is 11.1 Å². The molecular formula is C21H23N7O. The number of anilines is 4. The van der Waals surface area contributed by atoms with E-state index in [0.29, 0.717) is 31.1 Å². The summed E-state index contributed by atoms with van der Waals surface area (Å²) in [5.41, 5.74) is 6.01. The molecule has 0 unspecified atom stereocenters. The van der Waals surface area contributed by atoms with Crippen LogP contribution in [-0.4, -0.2) is 47.5 Å². The molecule has 8 nitrogen and oxygen atoms in total. The fraction of sp³-hybridized carbons (Fsp3) is 0.238. The van der Waals surface area contributed by atoms with Crippen LogP contribution in [0.2, 0.25) is 0 Å². The Kier molecular flexibility index (Phi) is 5.92. The maximum Gasteiger partial charge on any atom is 0.250 e. The summed E-state index contributed by atoms with van der Waals surface area (Å²) in [6, 6.07) is 17.9. The van der Waals surface area contributed by atoms with E-state index < -0.39 is 0 Å². The van der Waals surface area contributed by atoms with Gasteiger partial charge in [0.25, 0.3) is 0 Å². The van der Waals surface area contributed by atoms with Crippen LogP contribution in [0.15, 0.2) is 59.7 Å². The van der Waals surface area contributed by atoms with Gasteiger partial charge in [0, 0.05) is 18.8 Å². The number of benzene rings is 2. The lowest BCUT2D eigenvalue weighted by Crippen LogP contribution is -2.37. The van der Waals surface area contributed by atoms with E-state index in [0.717, 1.165) is 24.3 Å². The van der Waals surface area contributed by atoms with Crippen LogP contribution in [0.5, 0.6) is 0 Å². The Morgan fingerprint density at radius 2 is 1.66 bits per heavy atom. The summed E-state index contributed by atoms with van der Waals surface area (Å²) in [6.07, 6.45) is 1.73. The van der Waals surface area contributed by atoms with E-state index in [1.165, 1.54) is 5.56 Å². The van der Waals surface area contributed by atoms with E-state index in [1.807, 2.05) is 54.6 Å². The fourth-order valence-corrected chi connectivity index (χ4v) is 2.85. The van der Waals surface area contributed by atoms with E-state index in [-0.39, 0.29) is 0 Å². The third kappa shape index (κ3) is 5.26. The zero-order valence-corrected chi connectivity index (χ0v) is 16.2. The Morgan fingerprint density at radius 1 is 0.931 bits per heavy atom. The molecular weight excluding hydrogens is 366 g/mol. The Labute approximate surface area is 169 Å². The number of ether oxygens (including phenoxy) is 1. The molecule has 0 spiro atoms. The number of hydrazone groups is 1. The molecule has 0 radical (unpaired) electrons. The van der Waals surface area contributed by atoms with Crippen molar-refractivity contribution in [3.63, 3.8) is 0 Å². The minimum Gasteiger partial charge on any atom is -0.378 e. The largest absolute Gasteiger partial charge is 0.378 e. The highest BCUT2D eigenvalue weighted by atomic mass is 16.5. The standard InChI is InChI=1S/C21H23N7O/c1-16-7-9-18(10-8-16)23-19-24-20(27-22-15-17-5-3-2-4-6-17)26-21(25-19)28-11-13-29-14-12-28/h2-10,15H,11-14H2,1H3,(H2,23,24,25,26,27)/b22-15-. The average Bonchev–Trinajstić information content (AvgIpc) is 2.77. The smallest absolute Gasteiger partial charge is 0.250 e. The van der Waals surface area contributed by atoms with Crippen molar-refractivity contribution >= 4 is 29.7 Å². The number of morpholine rings is 1. The minimum atomic E-state index is 0.378. The molecule has 2 heterocycles. The maximum absolute atomic E-state index is 5.43. The monoisotopic (exact) mass is 389 g/mol. The molecule has 1 aliphatic heterocycles. The molecule has 0 saturated carbocycles. The van der Waals surface area contributed by atoms with Crippen molar-refractivity contribution in [3.8, 4) is 0 Å². The van der Waals surface area contributed by atoms with E-state index in [1.54, 1.807) is 6.21 Å². The Morgan fingerprint density at radius 3 is 2.41 bits per heavy atom. The van der Waals surface area contributed by atoms with Crippen molar-refractivity contribution in [2.45, 2.75) is 6.92 Å². The molecule has 0 bridgehead atoms. The third-order valence-corrected chi connectivity index (χ3v) is 4.40. The molecule has 0 aliphatic carbocycles. The molecule has 148 valence electrons. The highest BCUT2D eigenvalue weighted by Gasteiger charge is 2.16. The predicted octanol–water partition coefficient (Wildman–Crippen LogP) is 3.21. The number of rotatable bonds is 6. The Hall–Kier alpha value is -3.52. The first-order valence-electron chi connectivity index (χ1n) is 9.53. The van der Waals surface area contributed by atoms with Gasteiger partial charge in [-0.25, -0.2) is 5.43 Å². The van der Waals surface area contributed by atoms with Crippen LogP contribution in [0, 0.1) is 6.92 Å². The molecule has 1 saturated heterocycles. The summed E-state index contributed by atoms with van der Waals surface area (Å²) >= 11 is 0. The summed E-state index contributed by atoms with van der Waals surface area (Å²) in [6.45, 7) is 4.83. The fourth-order valence-electron chi connectivity index (χ4n) is 2.85. The third-order valence-electron chi connectivity index (χ3n) is 4.40. The zero-order valence-electron chi connectivity index (χ0n) is 16.2. The summed E-state index contributed by atoms with van der Waals surface area (Å²) in [5, 5.41) is 7.51. The number of hydrogen-bond acceptors (Lipinski definition) is 8. The number of hydrogen-bond donors (Lipinski definition) is 2. The van der Waals surface area contributed by atoms with E-state index in [9.17, 15) is 0 Å². The summed E-state index contributed by atoms with van der Waals surface area (Å²) in [5.74, 6) is 1.43. The van der Waals surface area contributed by atoms with Crippen molar-refractivity contribution in [1.29, 1.82) is 0 Å². The lowest BCUT2D eigenvalue weighted by molar-refractivity contribution is 0.122. The van der Waals surface area contributed by atoms with Crippen LogP contribution >= 0.6 is 0 Å². The van der Waals surface area contributed by atoms with Gasteiger partial charge in [0.2, 0.25) is 17.8 Å². The first-order valence-corrected chi connectivity index (χ1v) is 9.53. The van der Waals surface area contributed by atoms with Gasteiger partial charge < -0.3 is 15.0 Å². The summed E-state index contributed by atoms with van der Waals surface area (Å²) in [7, 11) is 0. The van der Waals surface area contributed by atoms with Gasteiger partial charge in [-0.05, 0) is 24.6 Å². The van der Waals surface area contributed by atoms with E-state index in [2.05, 4.69) is 42.6 Å². The molecule has 1 fully saturated rings. The second-order valence-electron chi connectivity index (χ2n) is 6.65. The van der Waals surface area contributed by atoms with Crippen LogP contribution < -0.4 is 15.6 Å². The van der Waals surface area contributed by atoms with E-state index in [4.69, 9.17) is 4.74 Å². The van der Waals surface area contributed by atoms with Gasteiger partial charge >= 0.3 is 0 Å². The molecule has 4 rings (SSSR count). The highest BCUT2D eigenvalue weighted by molar-refractivity contribution is 5.79. The van der Waals surface area contributed by atoms with Crippen LogP contribution in [-0.2, 0) is 4.74 Å². The molecule has 0 atom stereocenters. The number of nitrogens with one attached hydrogen (secondary N) is 2. The number of nitrogens with zero attached hydrogens (tertiary/aromatic N) is 5. The maximum atomic E-state index is 5.43. The molecule has 1 aromatic heterocycles. The average molecular weight is 389 g/mol.